The van der Waals surface area contributed by atoms with Crippen LogP contribution in [0, 0.1) is 5.92 Å². The van der Waals surface area contributed by atoms with E-state index in [1.807, 2.05) is 24.4 Å². The summed E-state index contributed by atoms with van der Waals surface area (Å²) in [7, 11) is 0. The summed E-state index contributed by atoms with van der Waals surface area (Å²) in [6.07, 6.45) is 7.52. The highest BCUT2D eigenvalue weighted by atomic mass is 16.5. The van der Waals surface area contributed by atoms with Gasteiger partial charge in [-0.2, -0.15) is 0 Å². The molecule has 144 valence electrons. The van der Waals surface area contributed by atoms with Gasteiger partial charge in [0, 0.05) is 56.8 Å². The van der Waals surface area contributed by atoms with Gasteiger partial charge in [0.1, 0.15) is 0 Å². The van der Waals surface area contributed by atoms with Crippen LogP contribution in [0.4, 0.5) is 0 Å². The summed E-state index contributed by atoms with van der Waals surface area (Å²) in [5.41, 5.74) is 7.35. The second kappa shape index (κ2) is 10.00. The van der Waals surface area contributed by atoms with E-state index in [9.17, 15) is 4.79 Å². The van der Waals surface area contributed by atoms with E-state index >= 15 is 0 Å². The maximum absolute atomic E-state index is 12.7. The molecule has 3 N–H and O–H groups in total. The molecule has 1 aromatic heterocycles. The van der Waals surface area contributed by atoms with Crippen molar-refractivity contribution in [2.24, 2.45) is 11.7 Å². The second-order valence-corrected chi connectivity index (χ2v) is 7.55. The van der Waals surface area contributed by atoms with E-state index in [0.717, 1.165) is 70.5 Å². The SMILES string of the molecule is N[C@H]1CC[C@@H](C(=O)NCCCc2ccccn2)CN(C2CCOCC2)C1. The van der Waals surface area contributed by atoms with E-state index in [4.69, 9.17) is 10.5 Å². The van der Waals surface area contributed by atoms with Crippen LogP contribution < -0.4 is 11.1 Å². The Morgan fingerprint density at radius 1 is 1.23 bits per heavy atom. The zero-order valence-electron chi connectivity index (χ0n) is 15.6. The molecule has 0 saturated carbocycles. The molecule has 1 aromatic rings. The Morgan fingerprint density at radius 3 is 2.85 bits per heavy atom. The minimum Gasteiger partial charge on any atom is -0.381 e. The molecule has 0 spiro atoms. The number of likely N-dealkylation sites (tertiary alicyclic amines) is 1. The number of carbonyl (C=O) groups excluding carboxylic acids is 1. The zero-order chi connectivity index (χ0) is 18.2. The first kappa shape index (κ1) is 19.3. The van der Waals surface area contributed by atoms with Crippen LogP contribution in [-0.2, 0) is 16.0 Å². The van der Waals surface area contributed by atoms with E-state index in [2.05, 4.69) is 15.2 Å². The molecule has 2 saturated heterocycles. The minimum absolute atomic E-state index is 0.0428. The van der Waals surface area contributed by atoms with Crippen molar-refractivity contribution in [1.29, 1.82) is 0 Å². The predicted molar refractivity (Wildman–Crippen MR) is 102 cm³/mol. The van der Waals surface area contributed by atoms with Crippen LogP contribution in [0.5, 0.6) is 0 Å². The third kappa shape index (κ3) is 5.76. The number of nitrogens with one attached hydrogen (secondary N) is 1. The molecule has 0 unspecified atom stereocenters. The first-order chi connectivity index (χ1) is 12.7. The van der Waals surface area contributed by atoms with Crippen molar-refractivity contribution >= 4 is 5.91 Å². The van der Waals surface area contributed by atoms with Crippen LogP contribution in [-0.4, -0.2) is 60.7 Å². The summed E-state index contributed by atoms with van der Waals surface area (Å²) in [6.45, 7) is 4.06. The molecule has 2 fully saturated rings. The smallest absolute Gasteiger partial charge is 0.224 e. The Kier molecular flexibility index (Phi) is 7.41. The maximum atomic E-state index is 12.7. The molecule has 0 aliphatic carbocycles. The summed E-state index contributed by atoms with van der Waals surface area (Å²) < 4.78 is 5.48. The molecule has 26 heavy (non-hydrogen) atoms. The number of hydrogen-bond acceptors (Lipinski definition) is 5. The molecular weight excluding hydrogens is 328 g/mol. The third-order valence-corrected chi connectivity index (χ3v) is 5.52. The lowest BCUT2D eigenvalue weighted by molar-refractivity contribution is -0.125. The molecule has 0 radical (unpaired) electrons. The Bertz CT molecular complexity index is 548. The van der Waals surface area contributed by atoms with Crippen molar-refractivity contribution in [2.75, 3.05) is 32.8 Å². The lowest BCUT2D eigenvalue weighted by Gasteiger charge is -2.35. The van der Waals surface area contributed by atoms with Gasteiger partial charge in [-0.05, 0) is 50.7 Å². The summed E-state index contributed by atoms with van der Waals surface area (Å²) in [4.78, 5) is 19.4. The maximum Gasteiger partial charge on any atom is 0.224 e. The number of nitrogens with two attached hydrogens (primary N) is 1. The van der Waals surface area contributed by atoms with Crippen LogP contribution in [0.25, 0.3) is 0 Å². The van der Waals surface area contributed by atoms with E-state index < -0.39 is 0 Å². The number of ether oxygens (including phenoxy) is 1. The average Bonchev–Trinajstić information content (AvgIpc) is 2.88. The van der Waals surface area contributed by atoms with Crippen molar-refractivity contribution in [3.63, 3.8) is 0 Å². The molecule has 2 aliphatic heterocycles. The van der Waals surface area contributed by atoms with Gasteiger partial charge in [0.25, 0.3) is 0 Å². The van der Waals surface area contributed by atoms with Crippen molar-refractivity contribution < 1.29 is 9.53 Å². The van der Waals surface area contributed by atoms with Gasteiger partial charge in [-0.15, -0.1) is 0 Å². The summed E-state index contributed by atoms with van der Waals surface area (Å²) in [5, 5.41) is 3.13. The number of rotatable bonds is 6. The second-order valence-electron chi connectivity index (χ2n) is 7.55. The first-order valence-corrected chi connectivity index (χ1v) is 9.97. The van der Waals surface area contributed by atoms with Crippen molar-refractivity contribution in [3.05, 3.63) is 30.1 Å². The van der Waals surface area contributed by atoms with E-state index in [0.29, 0.717) is 12.6 Å². The first-order valence-electron chi connectivity index (χ1n) is 9.97. The summed E-state index contributed by atoms with van der Waals surface area (Å²) in [6, 6.07) is 6.62. The van der Waals surface area contributed by atoms with E-state index in [1.165, 1.54) is 0 Å². The van der Waals surface area contributed by atoms with Gasteiger partial charge in [-0.3, -0.25) is 14.7 Å². The molecule has 2 aliphatic rings. The van der Waals surface area contributed by atoms with Gasteiger partial charge in [-0.25, -0.2) is 0 Å². The predicted octanol–water partition coefficient (Wildman–Crippen LogP) is 1.35. The quantitative estimate of drug-likeness (QED) is 0.749. The highest BCUT2D eigenvalue weighted by Crippen LogP contribution is 2.22. The van der Waals surface area contributed by atoms with Crippen molar-refractivity contribution in [3.8, 4) is 0 Å². The number of carbonyl (C=O) groups is 1. The fourth-order valence-electron chi connectivity index (χ4n) is 3.99. The number of nitrogens with zero attached hydrogens (tertiary/aromatic N) is 2. The van der Waals surface area contributed by atoms with Gasteiger partial charge < -0.3 is 15.8 Å². The Hall–Kier alpha value is -1.50. The molecule has 0 bridgehead atoms. The number of hydrogen-bond donors (Lipinski definition) is 2. The number of pyridine rings is 1. The van der Waals surface area contributed by atoms with Gasteiger partial charge in [-0.1, -0.05) is 6.07 Å². The Labute approximate surface area is 156 Å². The third-order valence-electron chi connectivity index (χ3n) is 5.52. The summed E-state index contributed by atoms with van der Waals surface area (Å²) in [5.74, 6) is 0.221. The van der Waals surface area contributed by atoms with Gasteiger partial charge in [0.2, 0.25) is 5.91 Å². The molecule has 6 heteroatoms. The molecule has 6 nitrogen and oxygen atoms in total. The fourth-order valence-corrected chi connectivity index (χ4v) is 3.99. The molecule has 0 aromatic carbocycles. The van der Waals surface area contributed by atoms with Crippen LogP contribution in [0.15, 0.2) is 24.4 Å². The van der Waals surface area contributed by atoms with Gasteiger partial charge >= 0.3 is 0 Å². The van der Waals surface area contributed by atoms with Crippen LogP contribution in [0.1, 0.15) is 37.8 Å². The minimum atomic E-state index is 0.0428. The monoisotopic (exact) mass is 360 g/mol. The lowest BCUT2D eigenvalue weighted by Crippen LogP contribution is -2.47. The number of aromatic nitrogens is 1. The molecule has 1 amide bonds. The number of aryl methyl sites for hydroxylation is 1. The molecular formula is C20H32N4O2. The largest absolute Gasteiger partial charge is 0.381 e. The van der Waals surface area contributed by atoms with Crippen LogP contribution in [0.2, 0.25) is 0 Å². The number of amides is 1. The summed E-state index contributed by atoms with van der Waals surface area (Å²) >= 11 is 0. The van der Waals surface area contributed by atoms with E-state index in [-0.39, 0.29) is 17.9 Å². The van der Waals surface area contributed by atoms with E-state index in [1.54, 1.807) is 0 Å². The molecule has 2 atom stereocenters. The zero-order valence-corrected chi connectivity index (χ0v) is 15.6. The average molecular weight is 361 g/mol. The van der Waals surface area contributed by atoms with Crippen LogP contribution >= 0.6 is 0 Å². The fraction of sp³-hybridized carbons (Fsp3) is 0.700. The van der Waals surface area contributed by atoms with Crippen molar-refractivity contribution in [1.82, 2.24) is 15.2 Å². The molecule has 3 heterocycles. The van der Waals surface area contributed by atoms with Gasteiger partial charge in [0.15, 0.2) is 0 Å². The van der Waals surface area contributed by atoms with Crippen LogP contribution in [0.3, 0.4) is 0 Å². The Balaban J connectivity index is 1.45. The highest BCUT2D eigenvalue weighted by molar-refractivity contribution is 5.78. The van der Waals surface area contributed by atoms with Crippen molar-refractivity contribution in [2.45, 2.75) is 50.6 Å². The topological polar surface area (TPSA) is 80.5 Å². The van der Waals surface area contributed by atoms with Gasteiger partial charge in [0.05, 0.1) is 5.92 Å². The molecule has 3 rings (SSSR count). The Morgan fingerprint density at radius 2 is 2.08 bits per heavy atom. The lowest BCUT2D eigenvalue weighted by atomic mass is 10.0. The highest BCUT2D eigenvalue weighted by Gasteiger charge is 2.31. The standard InChI is InChI=1S/C20H32N4O2/c21-17-7-6-16(14-24(15-17)19-8-12-26-13-9-19)20(25)23-11-3-5-18-4-1-2-10-22-18/h1-2,4,10,16-17,19H,3,5-9,11-15,21H2,(H,23,25)/t16-,17+/m1/s1. The normalized spacial score (nSPS) is 25.6.